The van der Waals surface area contributed by atoms with Crippen LogP contribution in [0.15, 0.2) is 12.1 Å². The lowest BCUT2D eigenvalue weighted by Crippen LogP contribution is -2.44. The Kier molecular flexibility index (Phi) is 8.09. The third-order valence-corrected chi connectivity index (χ3v) is 6.35. The van der Waals surface area contributed by atoms with Crippen molar-refractivity contribution in [2.24, 2.45) is 0 Å². The highest BCUT2D eigenvalue weighted by molar-refractivity contribution is 6.60. The molecule has 0 aliphatic carbocycles. The number of benzene rings is 1. The summed E-state index contributed by atoms with van der Waals surface area (Å²) in [5.74, 6) is -2.60. The molecule has 0 aliphatic rings. The van der Waals surface area contributed by atoms with Crippen LogP contribution in [0.25, 0.3) is 0 Å². The van der Waals surface area contributed by atoms with Crippen LogP contribution >= 0.6 is 0 Å². The summed E-state index contributed by atoms with van der Waals surface area (Å²) < 4.78 is 56.6. The molecular weight excluding hydrogens is 313 g/mol. The maximum Gasteiger partial charge on any atom is 0.500 e. The first kappa shape index (κ1) is 19.2. The van der Waals surface area contributed by atoms with Crippen LogP contribution in [-0.4, -0.2) is 29.1 Å². The second kappa shape index (κ2) is 9.29. The van der Waals surface area contributed by atoms with Crippen molar-refractivity contribution in [1.82, 2.24) is 0 Å². The molecule has 3 nitrogen and oxygen atoms in total. The molecule has 126 valence electrons. The molecule has 1 aromatic rings. The van der Waals surface area contributed by atoms with Crippen LogP contribution in [0.2, 0.25) is 6.04 Å². The minimum Gasteiger partial charge on any atom is -0.377 e. The minimum atomic E-state index is -2.69. The van der Waals surface area contributed by atoms with E-state index in [4.69, 9.17) is 13.3 Å². The highest BCUT2D eigenvalue weighted by Crippen LogP contribution is 2.21. The fourth-order valence-electron chi connectivity index (χ4n) is 2.30. The predicted molar refractivity (Wildman–Crippen MR) is 80.1 cm³/mol. The molecule has 0 heterocycles. The van der Waals surface area contributed by atoms with Gasteiger partial charge in [-0.25, -0.2) is 13.2 Å². The molecule has 22 heavy (non-hydrogen) atoms. The normalized spacial score (nSPS) is 11.9. The van der Waals surface area contributed by atoms with E-state index in [1.54, 1.807) is 7.11 Å². The Balaban J connectivity index is 2.56. The van der Waals surface area contributed by atoms with Gasteiger partial charge in [0, 0.05) is 44.1 Å². The molecule has 1 aromatic carbocycles. The zero-order valence-electron chi connectivity index (χ0n) is 13.3. The molecule has 1 rings (SSSR count). The van der Waals surface area contributed by atoms with Crippen molar-refractivity contribution >= 4 is 8.80 Å². The first-order chi connectivity index (χ1) is 10.5. The van der Waals surface area contributed by atoms with Crippen molar-refractivity contribution in [2.45, 2.75) is 39.2 Å². The second-order valence-corrected chi connectivity index (χ2v) is 7.66. The molecule has 0 N–H and O–H groups in total. The number of halogens is 3. The summed E-state index contributed by atoms with van der Waals surface area (Å²) in [6.07, 6.45) is 1.39. The first-order valence-electron chi connectivity index (χ1n) is 7.44. The van der Waals surface area contributed by atoms with Gasteiger partial charge in [0.2, 0.25) is 0 Å². The molecular formula is C15H23F3O3Si. The van der Waals surface area contributed by atoms with E-state index >= 15 is 0 Å². The van der Waals surface area contributed by atoms with Gasteiger partial charge in [-0.15, -0.1) is 0 Å². The van der Waals surface area contributed by atoms with E-state index in [1.165, 1.54) is 0 Å². The van der Waals surface area contributed by atoms with Gasteiger partial charge in [0.05, 0.1) is 0 Å². The molecule has 0 atom stereocenters. The monoisotopic (exact) mass is 336 g/mol. The number of hydrogen-bond acceptors (Lipinski definition) is 3. The zero-order valence-corrected chi connectivity index (χ0v) is 14.3. The highest BCUT2D eigenvalue weighted by atomic mass is 28.4. The Morgan fingerprint density at radius 3 is 1.95 bits per heavy atom. The number of rotatable bonds is 10. The van der Waals surface area contributed by atoms with E-state index in [2.05, 4.69) is 0 Å². The Bertz CT molecular complexity index is 442. The van der Waals surface area contributed by atoms with Crippen LogP contribution in [0.5, 0.6) is 0 Å². The van der Waals surface area contributed by atoms with Gasteiger partial charge in [-0.05, 0) is 33.1 Å². The van der Waals surface area contributed by atoms with Crippen molar-refractivity contribution in [2.75, 3.05) is 20.3 Å². The van der Waals surface area contributed by atoms with Crippen LogP contribution in [0, 0.1) is 17.5 Å². The summed E-state index contributed by atoms with van der Waals surface area (Å²) in [5.41, 5.74) is -0.0843. The summed E-state index contributed by atoms with van der Waals surface area (Å²) in [7, 11) is -1.14. The van der Waals surface area contributed by atoms with Crippen LogP contribution in [0.3, 0.4) is 0 Å². The lowest BCUT2D eigenvalue weighted by atomic mass is 10.1. The van der Waals surface area contributed by atoms with E-state index in [9.17, 15) is 13.2 Å². The quantitative estimate of drug-likeness (QED) is 0.476. The summed E-state index contributed by atoms with van der Waals surface area (Å²) in [4.78, 5) is 0. The van der Waals surface area contributed by atoms with Crippen molar-refractivity contribution in [1.29, 1.82) is 0 Å². The fraction of sp³-hybridized carbons (Fsp3) is 0.600. The van der Waals surface area contributed by atoms with E-state index in [0.29, 0.717) is 44.2 Å². The maximum absolute atomic E-state index is 13.5. The summed E-state index contributed by atoms with van der Waals surface area (Å²) in [5, 5.41) is 0. The van der Waals surface area contributed by atoms with Gasteiger partial charge in [0.25, 0.3) is 0 Å². The van der Waals surface area contributed by atoms with Crippen LogP contribution in [0.4, 0.5) is 13.2 Å². The SMILES string of the molecule is CCO[Si](CCCCc1c(F)cc(F)cc1F)(OC)OCC. The second-order valence-electron chi connectivity index (χ2n) is 4.81. The lowest BCUT2D eigenvalue weighted by Gasteiger charge is -2.27. The van der Waals surface area contributed by atoms with E-state index in [-0.39, 0.29) is 12.0 Å². The molecule has 0 aliphatic heterocycles. The average molecular weight is 336 g/mol. The van der Waals surface area contributed by atoms with Crippen molar-refractivity contribution in [3.8, 4) is 0 Å². The molecule has 0 radical (unpaired) electrons. The van der Waals surface area contributed by atoms with Crippen LogP contribution in [0.1, 0.15) is 32.3 Å². The lowest BCUT2D eigenvalue weighted by molar-refractivity contribution is 0.0860. The van der Waals surface area contributed by atoms with E-state index in [0.717, 1.165) is 0 Å². The topological polar surface area (TPSA) is 27.7 Å². The van der Waals surface area contributed by atoms with Crippen molar-refractivity contribution in [3.05, 3.63) is 35.1 Å². The van der Waals surface area contributed by atoms with E-state index < -0.39 is 26.3 Å². The molecule has 0 saturated heterocycles. The Morgan fingerprint density at radius 1 is 0.955 bits per heavy atom. The summed E-state index contributed by atoms with van der Waals surface area (Å²) in [6, 6.07) is 1.98. The van der Waals surface area contributed by atoms with Gasteiger partial charge in [-0.2, -0.15) is 0 Å². The van der Waals surface area contributed by atoms with Gasteiger partial charge < -0.3 is 13.3 Å². The number of hydrogen-bond donors (Lipinski definition) is 0. The van der Waals surface area contributed by atoms with Gasteiger partial charge >= 0.3 is 8.80 Å². The summed E-state index contributed by atoms with van der Waals surface area (Å²) in [6.45, 7) is 4.70. The first-order valence-corrected chi connectivity index (χ1v) is 9.37. The summed E-state index contributed by atoms with van der Waals surface area (Å²) >= 11 is 0. The predicted octanol–water partition coefficient (Wildman–Crippen LogP) is 4.08. The highest BCUT2D eigenvalue weighted by Gasteiger charge is 2.38. The number of unbranched alkanes of at least 4 members (excludes halogenated alkanes) is 1. The van der Waals surface area contributed by atoms with Gasteiger partial charge in [0.1, 0.15) is 17.5 Å². The largest absolute Gasteiger partial charge is 0.500 e. The molecule has 0 fully saturated rings. The third-order valence-electron chi connectivity index (χ3n) is 3.31. The van der Waals surface area contributed by atoms with Gasteiger partial charge in [-0.3, -0.25) is 0 Å². The molecule has 0 spiro atoms. The van der Waals surface area contributed by atoms with Crippen LogP contribution < -0.4 is 0 Å². The molecule has 0 aromatic heterocycles. The standard InChI is InChI=1S/C15H23F3O3Si/c1-4-20-22(19-3,21-5-2)9-7-6-8-13-14(17)10-12(16)11-15(13)18/h10-11H,4-9H2,1-3H3. The Labute approximate surface area is 130 Å². The van der Waals surface area contributed by atoms with Crippen LogP contribution in [-0.2, 0) is 19.7 Å². The Morgan fingerprint density at radius 2 is 1.50 bits per heavy atom. The molecule has 7 heteroatoms. The smallest absolute Gasteiger partial charge is 0.377 e. The third kappa shape index (κ3) is 5.39. The van der Waals surface area contributed by atoms with Crippen molar-refractivity contribution in [3.63, 3.8) is 0 Å². The zero-order chi connectivity index (χ0) is 16.6. The molecule has 0 saturated carbocycles. The molecule has 0 amide bonds. The maximum atomic E-state index is 13.5. The fourth-order valence-corrected chi connectivity index (χ4v) is 4.67. The van der Waals surface area contributed by atoms with E-state index in [1.807, 2.05) is 13.8 Å². The Hall–Kier alpha value is -0.893. The molecule has 0 bridgehead atoms. The average Bonchev–Trinajstić information content (AvgIpc) is 2.45. The minimum absolute atomic E-state index is 0.0843. The molecule has 0 unspecified atom stereocenters. The van der Waals surface area contributed by atoms with Gasteiger partial charge in [-0.1, -0.05) is 0 Å². The van der Waals surface area contributed by atoms with Crippen molar-refractivity contribution < 1.29 is 26.4 Å². The van der Waals surface area contributed by atoms with Gasteiger partial charge in [0.15, 0.2) is 0 Å².